The molecule has 0 aromatic carbocycles. The molecule has 3 heteroatoms. The number of nitrogens with zero attached hydrogens (tertiary/aromatic N) is 1. The van der Waals surface area contributed by atoms with E-state index in [9.17, 15) is 0 Å². The van der Waals surface area contributed by atoms with E-state index in [0.29, 0.717) is 11.8 Å². The Kier molecular flexibility index (Phi) is 2.37. The number of aromatic nitrogens is 1. The van der Waals surface area contributed by atoms with E-state index in [2.05, 4.69) is 25.3 Å². The number of rotatable bonds is 3. The summed E-state index contributed by atoms with van der Waals surface area (Å²) in [6, 6.07) is 0. The van der Waals surface area contributed by atoms with Crippen LogP contribution in [0.15, 0.2) is 9.55 Å². The van der Waals surface area contributed by atoms with E-state index >= 15 is 0 Å². The second kappa shape index (κ2) is 3.37. The monoisotopic (exact) mass is 197 g/mol. The maximum absolute atomic E-state index is 5.40. The van der Waals surface area contributed by atoms with Gasteiger partial charge in [0.15, 0.2) is 0 Å². The van der Waals surface area contributed by atoms with E-state index in [1.807, 2.05) is 0 Å². The Morgan fingerprint density at radius 2 is 2.15 bits per heavy atom. The van der Waals surface area contributed by atoms with Crippen molar-refractivity contribution in [1.82, 2.24) is 5.16 Å². The quantitative estimate of drug-likeness (QED) is 0.695. The Hall–Kier alpha value is -0.440. The first-order valence-electron chi connectivity index (χ1n) is 4.77. The highest BCUT2D eigenvalue weighted by Crippen LogP contribution is 2.45. The molecule has 2 nitrogen and oxygen atoms in total. The van der Waals surface area contributed by atoms with E-state index < -0.39 is 0 Å². The van der Waals surface area contributed by atoms with Crippen molar-refractivity contribution in [3.8, 4) is 0 Å². The summed E-state index contributed by atoms with van der Waals surface area (Å²) < 4.78 is 5.40. The van der Waals surface area contributed by atoms with Gasteiger partial charge in [0.1, 0.15) is 10.8 Å². The van der Waals surface area contributed by atoms with Crippen LogP contribution in [0.25, 0.3) is 0 Å². The third kappa shape index (κ3) is 1.62. The van der Waals surface area contributed by atoms with Crippen molar-refractivity contribution in [2.24, 2.45) is 0 Å². The Balaban J connectivity index is 2.38. The fourth-order valence-corrected chi connectivity index (χ4v) is 2.28. The van der Waals surface area contributed by atoms with Gasteiger partial charge in [0.05, 0.1) is 0 Å². The first-order chi connectivity index (χ1) is 6.24. The first kappa shape index (κ1) is 9.13. The number of hydrogen-bond acceptors (Lipinski definition) is 3. The van der Waals surface area contributed by atoms with Crippen LogP contribution in [0.2, 0.25) is 0 Å². The summed E-state index contributed by atoms with van der Waals surface area (Å²) in [5.41, 5.74) is 1.34. The molecule has 0 aliphatic heterocycles. The van der Waals surface area contributed by atoms with Crippen molar-refractivity contribution in [1.29, 1.82) is 0 Å². The van der Waals surface area contributed by atoms with Crippen molar-refractivity contribution in [2.45, 2.75) is 43.6 Å². The molecule has 0 N–H and O–H groups in total. The van der Waals surface area contributed by atoms with Crippen LogP contribution in [0.4, 0.5) is 0 Å². The Morgan fingerprint density at radius 1 is 1.46 bits per heavy atom. The van der Waals surface area contributed by atoms with Gasteiger partial charge in [0.25, 0.3) is 0 Å². The van der Waals surface area contributed by atoms with Crippen LogP contribution >= 0.6 is 11.8 Å². The molecule has 1 saturated carbocycles. The molecule has 0 bridgehead atoms. The third-order valence-electron chi connectivity index (χ3n) is 2.44. The van der Waals surface area contributed by atoms with E-state index in [0.717, 1.165) is 10.8 Å². The third-order valence-corrected chi connectivity index (χ3v) is 3.12. The summed E-state index contributed by atoms with van der Waals surface area (Å²) in [5.74, 6) is 2.36. The predicted molar refractivity (Wildman–Crippen MR) is 54.3 cm³/mol. The van der Waals surface area contributed by atoms with Crippen LogP contribution in [0.5, 0.6) is 0 Å². The molecule has 13 heavy (non-hydrogen) atoms. The van der Waals surface area contributed by atoms with E-state index in [1.165, 1.54) is 18.4 Å². The molecule has 0 spiro atoms. The lowest BCUT2D eigenvalue weighted by atomic mass is 10.0. The smallest absolute Gasteiger partial charge is 0.144 e. The zero-order chi connectivity index (χ0) is 9.42. The van der Waals surface area contributed by atoms with E-state index in [4.69, 9.17) is 4.52 Å². The minimum atomic E-state index is 0.532. The highest BCUT2D eigenvalue weighted by Gasteiger charge is 2.32. The van der Waals surface area contributed by atoms with Crippen LogP contribution in [-0.4, -0.2) is 11.4 Å². The summed E-state index contributed by atoms with van der Waals surface area (Å²) in [7, 11) is 0. The second-order valence-corrected chi connectivity index (χ2v) is 4.69. The van der Waals surface area contributed by atoms with Crippen LogP contribution in [0, 0.1) is 0 Å². The van der Waals surface area contributed by atoms with Crippen molar-refractivity contribution >= 4 is 11.8 Å². The second-order valence-electron chi connectivity index (χ2n) is 3.90. The van der Waals surface area contributed by atoms with Gasteiger partial charge in [-0.05, 0) is 25.0 Å². The fraction of sp³-hybridized carbons (Fsp3) is 0.700. The predicted octanol–water partition coefficient (Wildman–Crippen LogP) is 3.40. The lowest BCUT2D eigenvalue weighted by molar-refractivity contribution is 0.371. The molecule has 2 rings (SSSR count). The Labute approximate surface area is 83.1 Å². The van der Waals surface area contributed by atoms with Gasteiger partial charge in [-0.25, -0.2) is 0 Å². The molecule has 0 radical (unpaired) electrons. The highest BCUT2D eigenvalue weighted by molar-refractivity contribution is 7.98. The van der Waals surface area contributed by atoms with Gasteiger partial charge in [0, 0.05) is 11.5 Å². The molecule has 0 unspecified atom stereocenters. The topological polar surface area (TPSA) is 26.0 Å². The van der Waals surface area contributed by atoms with Gasteiger partial charge in [-0.2, -0.15) is 0 Å². The average molecular weight is 197 g/mol. The van der Waals surface area contributed by atoms with Gasteiger partial charge in [0.2, 0.25) is 0 Å². The molecule has 1 aromatic rings. The van der Waals surface area contributed by atoms with Crippen LogP contribution in [0.1, 0.15) is 49.8 Å². The number of thioether (sulfide) groups is 1. The molecule has 1 heterocycles. The van der Waals surface area contributed by atoms with Crippen molar-refractivity contribution in [2.75, 3.05) is 6.26 Å². The maximum Gasteiger partial charge on any atom is 0.144 e. The zero-order valence-corrected chi connectivity index (χ0v) is 9.15. The van der Waals surface area contributed by atoms with Gasteiger partial charge >= 0.3 is 0 Å². The highest BCUT2D eigenvalue weighted by atomic mass is 32.2. The molecule has 0 saturated heterocycles. The fourth-order valence-electron chi connectivity index (χ4n) is 1.61. The lowest BCUT2D eigenvalue weighted by Gasteiger charge is -2.04. The SMILES string of the molecule is CSc1noc(C2CC2)c1C(C)C. The zero-order valence-electron chi connectivity index (χ0n) is 8.33. The summed E-state index contributed by atoms with van der Waals surface area (Å²) in [4.78, 5) is 0. The Bertz CT molecular complexity index is 302. The van der Waals surface area contributed by atoms with Crippen LogP contribution < -0.4 is 0 Å². The average Bonchev–Trinajstić information content (AvgIpc) is 2.84. The summed E-state index contributed by atoms with van der Waals surface area (Å²) >= 11 is 1.68. The van der Waals surface area contributed by atoms with Crippen molar-refractivity contribution < 1.29 is 4.52 Å². The maximum atomic E-state index is 5.40. The van der Waals surface area contributed by atoms with Crippen LogP contribution in [-0.2, 0) is 0 Å². The molecular weight excluding hydrogens is 182 g/mol. The van der Waals surface area contributed by atoms with Gasteiger partial charge < -0.3 is 4.52 Å². The molecule has 0 atom stereocenters. The molecular formula is C10H15NOS. The molecule has 0 amide bonds. The summed E-state index contributed by atoms with van der Waals surface area (Å²) in [6.07, 6.45) is 4.62. The first-order valence-corrected chi connectivity index (χ1v) is 6.00. The summed E-state index contributed by atoms with van der Waals surface area (Å²) in [6.45, 7) is 4.41. The van der Waals surface area contributed by atoms with Crippen molar-refractivity contribution in [3.63, 3.8) is 0 Å². The van der Waals surface area contributed by atoms with Gasteiger partial charge in [-0.1, -0.05) is 19.0 Å². The molecule has 1 aliphatic rings. The largest absolute Gasteiger partial charge is 0.360 e. The standard InChI is InChI=1S/C10H15NOS/c1-6(2)8-9(7-4-5-7)12-11-10(8)13-3/h6-7H,4-5H2,1-3H3. The minimum absolute atomic E-state index is 0.532. The Morgan fingerprint density at radius 3 is 2.62 bits per heavy atom. The van der Waals surface area contributed by atoms with Crippen LogP contribution in [0.3, 0.4) is 0 Å². The normalized spacial score (nSPS) is 16.9. The molecule has 1 fully saturated rings. The molecule has 1 aliphatic carbocycles. The lowest BCUT2D eigenvalue weighted by Crippen LogP contribution is -1.91. The summed E-state index contributed by atoms with van der Waals surface area (Å²) in [5, 5.41) is 5.19. The molecule has 1 aromatic heterocycles. The van der Waals surface area contributed by atoms with E-state index in [-0.39, 0.29) is 0 Å². The van der Waals surface area contributed by atoms with Gasteiger partial charge in [-0.3, -0.25) is 0 Å². The van der Waals surface area contributed by atoms with Gasteiger partial charge in [-0.15, -0.1) is 11.8 Å². The van der Waals surface area contributed by atoms with Crippen molar-refractivity contribution in [3.05, 3.63) is 11.3 Å². The molecule has 72 valence electrons. The number of hydrogen-bond donors (Lipinski definition) is 0. The van der Waals surface area contributed by atoms with E-state index in [1.54, 1.807) is 11.8 Å². The minimum Gasteiger partial charge on any atom is -0.360 e.